The van der Waals surface area contributed by atoms with Crippen molar-refractivity contribution in [2.45, 2.75) is 12.8 Å². The SMILES string of the molecule is COc1ccc(Cc2nnc(NC(=O)Cc3ccc([N+](=O)[O-])cc3)s2)cc1OC. The molecule has 0 spiro atoms. The molecule has 0 aliphatic carbocycles. The first-order valence-electron chi connectivity index (χ1n) is 8.55. The maximum Gasteiger partial charge on any atom is 0.269 e. The predicted octanol–water partition coefficient (Wildman–Crippen LogP) is 3.24. The molecule has 29 heavy (non-hydrogen) atoms. The number of benzene rings is 2. The zero-order chi connectivity index (χ0) is 20.8. The van der Waals surface area contributed by atoms with Crippen LogP contribution in [0.5, 0.6) is 11.5 Å². The van der Waals surface area contributed by atoms with Crippen LogP contribution in [0.4, 0.5) is 10.8 Å². The summed E-state index contributed by atoms with van der Waals surface area (Å²) in [6.07, 6.45) is 0.624. The van der Waals surface area contributed by atoms with Gasteiger partial charge in [-0.3, -0.25) is 14.9 Å². The van der Waals surface area contributed by atoms with Gasteiger partial charge in [0.2, 0.25) is 11.0 Å². The minimum atomic E-state index is -0.481. The smallest absolute Gasteiger partial charge is 0.269 e. The van der Waals surface area contributed by atoms with E-state index in [0.29, 0.717) is 28.6 Å². The molecule has 0 aliphatic rings. The fourth-order valence-corrected chi connectivity index (χ4v) is 3.42. The Morgan fingerprint density at radius 1 is 1.07 bits per heavy atom. The van der Waals surface area contributed by atoms with Crippen molar-refractivity contribution >= 4 is 28.1 Å². The maximum absolute atomic E-state index is 12.2. The fraction of sp³-hybridized carbons (Fsp3) is 0.211. The molecule has 0 saturated carbocycles. The molecule has 1 heterocycles. The lowest BCUT2D eigenvalue weighted by molar-refractivity contribution is -0.384. The Labute approximate surface area is 170 Å². The topological polar surface area (TPSA) is 116 Å². The van der Waals surface area contributed by atoms with E-state index in [1.165, 1.54) is 23.5 Å². The first-order valence-corrected chi connectivity index (χ1v) is 9.36. The highest BCUT2D eigenvalue weighted by molar-refractivity contribution is 7.15. The van der Waals surface area contributed by atoms with Gasteiger partial charge in [0.05, 0.1) is 25.6 Å². The molecule has 0 saturated heterocycles. The van der Waals surface area contributed by atoms with Crippen molar-refractivity contribution in [2.24, 2.45) is 0 Å². The van der Waals surface area contributed by atoms with Crippen molar-refractivity contribution < 1.29 is 19.2 Å². The van der Waals surface area contributed by atoms with Crippen LogP contribution in [-0.2, 0) is 17.6 Å². The number of carbonyl (C=O) groups is 1. The van der Waals surface area contributed by atoms with Crippen LogP contribution in [-0.4, -0.2) is 35.2 Å². The molecule has 0 bridgehead atoms. The van der Waals surface area contributed by atoms with Crippen molar-refractivity contribution in [3.63, 3.8) is 0 Å². The molecular weight excluding hydrogens is 396 g/mol. The van der Waals surface area contributed by atoms with E-state index in [9.17, 15) is 14.9 Å². The van der Waals surface area contributed by atoms with Gasteiger partial charge in [-0.25, -0.2) is 0 Å². The van der Waals surface area contributed by atoms with Crippen LogP contribution in [0.2, 0.25) is 0 Å². The minimum absolute atomic E-state index is 0.0157. The normalized spacial score (nSPS) is 10.4. The van der Waals surface area contributed by atoms with Gasteiger partial charge in [-0.05, 0) is 23.3 Å². The third kappa shape index (κ3) is 5.26. The highest BCUT2D eigenvalue weighted by atomic mass is 32.1. The van der Waals surface area contributed by atoms with E-state index in [1.54, 1.807) is 26.4 Å². The number of hydrogen-bond acceptors (Lipinski definition) is 8. The Morgan fingerprint density at radius 3 is 2.41 bits per heavy atom. The zero-order valence-electron chi connectivity index (χ0n) is 15.7. The van der Waals surface area contributed by atoms with E-state index < -0.39 is 4.92 Å². The monoisotopic (exact) mass is 414 g/mol. The van der Waals surface area contributed by atoms with E-state index >= 15 is 0 Å². The van der Waals surface area contributed by atoms with Gasteiger partial charge < -0.3 is 14.8 Å². The Hall–Kier alpha value is -3.53. The standard InChI is InChI=1S/C19H18N4O5S/c1-27-15-8-5-13(9-16(15)28-2)11-18-21-22-19(29-18)20-17(24)10-12-3-6-14(7-4-12)23(25)26/h3-9H,10-11H2,1-2H3,(H,20,22,24). The summed E-state index contributed by atoms with van der Waals surface area (Å²) < 4.78 is 10.5. The lowest BCUT2D eigenvalue weighted by Gasteiger charge is -2.08. The van der Waals surface area contributed by atoms with Crippen molar-refractivity contribution in [2.75, 3.05) is 19.5 Å². The number of aromatic nitrogens is 2. The molecule has 10 heteroatoms. The maximum atomic E-state index is 12.2. The predicted molar refractivity (Wildman–Crippen MR) is 108 cm³/mol. The fourth-order valence-electron chi connectivity index (χ4n) is 2.63. The summed E-state index contributed by atoms with van der Waals surface area (Å²) >= 11 is 1.28. The van der Waals surface area contributed by atoms with Gasteiger partial charge in [0, 0.05) is 18.6 Å². The molecule has 3 aromatic rings. The van der Waals surface area contributed by atoms with Crippen LogP contribution in [0.1, 0.15) is 16.1 Å². The average Bonchev–Trinajstić information content (AvgIpc) is 3.14. The van der Waals surface area contributed by atoms with E-state index in [2.05, 4.69) is 15.5 Å². The van der Waals surface area contributed by atoms with Gasteiger partial charge in [0.25, 0.3) is 5.69 Å². The van der Waals surface area contributed by atoms with Crippen LogP contribution < -0.4 is 14.8 Å². The number of rotatable bonds is 8. The molecular formula is C19H18N4O5S. The van der Waals surface area contributed by atoms with Crippen molar-refractivity contribution in [3.8, 4) is 11.5 Å². The Balaban J connectivity index is 1.59. The highest BCUT2D eigenvalue weighted by Crippen LogP contribution is 2.29. The first-order chi connectivity index (χ1) is 14.0. The molecule has 0 aliphatic heterocycles. The zero-order valence-corrected chi connectivity index (χ0v) is 16.6. The number of nitrogens with one attached hydrogen (secondary N) is 1. The Morgan fingerprint density at radius 2 is 1.76 bits per heavy atom. The van der Waals surface area contributed by atoms with Gasteiger partial charge in [-0.15, -0.1) is 10.2 Å². The molecule has 150 valence electrons. The summed E-state index contributed by atoms with van der Waals surface area (Å²) in [7, 11) is 3.15. The van der Waals surface area contributed by atoms with Crippen molar-refractivity contribution in [1.82, 2.24) is 10.2 Å². The number of hydrogen-bond donors (Lipinski definition) is 1. The number of carbonyl (C=O) groups excluding carboxylic acids is 1. The number of ether oxygens (including phenoxy) is 2. The highest BCUT2D eigenvalue weighted by Gasteiger charge is 2.12. The van der Waals surface area contributed by atoms with Crippen LogP contribution >= 0.6 is 11.3 Å². The molecule has 9 nitrogen and oxygen atoms in total. The molecule has 0 radical (unpaired) electrons. The molecule has 2 aromatic carbocycles. The first kappa shape index (κ1) is 20.2. The van der Waals surface area contributed by atoms with Crippen LogP contribution in [0, 0.1) is 10.1 Å². The number of amides is 1. The minimum Gasteiger partial charge on any atom is -0.493 e. The van der Waals surface area contributed by atoms with Gasteiger partial charge in [0.1, 0.15) is 5.01 Å². The molecule has 3 rings (SSSR count). The third-order valence-corrected chi connectivity index (χ3v) is 4.87. The average molecular weight is 414 g/mol. The van der Waals surface area contributed by atoms with Crippen molar-refractivity contribution in [1.29, 1.82) is 0 Å². The molecule has 1 amide bonds. The molecule has 0 fully saturated rings. The number of anilines is 1. The van der Waals surface area contributed by atoms with Crippen LogP contribution in [0.3, 0.4) is 0 Å². The largest absolute Gasteiger partial charge is 0.493 e. The molecule has 0 unspecified atom stereocenters. The summed E-state index contributed by atoms with van der Waals surface area (Å²) in [5.41, 5.74) is 1.63. The number of nitrogens with zero attached hydrogens (tertiary/aromatic N) is 3. The van der Waals surface area contributed by atoms with E-state index in [0.717, 1.165) is 10.6 Å². The van der Waals surface area contributed by atoms with Gasteiger partial charge >= 0.3 is 0 Å². The summed E-state index contributed by atoms with van der Waals surface area (Å²) in [5.74, 6) is 1.01. The van der Waals surface area contributed by atoms with E-state index in [4.69, 9.17) is 9.47 Å². The van der Waals surface area contributed by atoms with Crippen molar-refractivity contribution in [3.05, 3.63) is 68.7 Å². The van der Waals surface area contributed by atoms with Gasteiger partial charge in [0.15, 0.2) is 11.5 Å². The lowest BCUT2D eigenvalue weighted by Crippen LogP contribution is -2.14. The number of methoxy groups -OCH3 is 2. The quantitative estimate of drug-likeness (QED) is 0.444. The second-order valence-electron chi connectivity index (χ2n) is 6.02. The van der Waals surface area contributed by atoms with Gasteiger partial charge in [-0.1, -0.05) is 29.5 Å². The summed E-state index contributed by atoms with van der Waals surface area (Å²) in [5, 5.41) is 22.6. The number of non-ortho nitro benzene ring substituents is 1. The Kier molecular flexibility index (Phi) is 6.35. The second-order valence-corrected chi connectivity index (χ2v) is 7.08. The van der Waals surface area contributed by atoms with Crippen LogP contribution in [0.25, 0.3) is 0 Å². The molecule has 0 atom stereocenters. The Bertz CT molecular complexity index is 1020. The van der Waals surface area contributed by atoms with E-state index in [-0.39, 0.29) is 18.0 Å². The van der Waals surface area contributed by atoms with E-state index in [1.807, 2.05) is 18.2 Å². The van der Waals surface area contributed by atoms with Gasteiger partial charge in [-0.2, -0.15) is 0 Å². The number of nitro groups is 1. The summed E-state index contributed by atoms with van der Waals surface area (Å²) in [6, 6.07) is 11.5. The molecule has 1 aromatic heterocycles. The summed E-state index contributed by atoms with van der Waals surface area (Å²) in [4.78, 5) is 22.4. The number of nitro benzene ring substituents is 1. The summed E-state index contributed by atoms with van der Waals surface area (Å²) in [6.45, 7) is 0. The van der Waals surface area contributed by atoms with Crippen LogP contribution in [0.15, 0.2) is 42.5 Å². The molecule has 1 N–H and O–H groups in total. The third-order valence-electron chi connectivity index (χ3n) is 4.03. The lowest BCUT2D eigenvalue weighted by atomic mass is 10.1. The second kappa shape index (κ2) is 9.11.